The van der Waals surface area contributed by atoms with Crippen molar-refractivity contribution in [3.63, 3.8) is 0 Å². The van der Waals surface area contributed by atoms with E-state index in [1.807, 2.05) is 19.9 Å². The summed E-state index contributed by atoms with van der Waals surface area (Å²) in [7, 11) is -4.57. The Labute approximate surface area is 195 Å². The molecule has 1 fully saturated rings. The van der Waals surface area contributed by atoms with Crippen molar-refractivity contribution in [2.24, 2.45) is 0 Å². The molecule has 34 heavy (non-hydrogen) atoms. The summed E-state index contributed by atoms with van der Waals surface area (Å²) in [6.07, 6.45) is -3.32. The van der Waals surface area contributed by atoms with Gasteiger partial charge in [0.05, 0.1) is 12.3 Å². The highest BCUT2D eigenvalue weighted by atomic mass is 31.2. The van der Waals surface area contributed by atoms with Crippen LogP contribution >= 0.6 is 7.82 Å². The Morgan fingerprint density at radius 1 is 1.29 bits per heavy atom. The minimum absolute atomic E-state index is 0.0749. The van der Waals surface area contributed by atoms with Crippen LogP contribution in [0.1, 0.15) is 19.5 Å². The van der Waals surface area contributed by atoms with Crippen molar-refractivity contribution in [3.8, 4) is 11.8 Å². The number of fused-ring (bicyclic) bond motifs is 1. The number of phosphoric acid groups is 1. The maximum absolute atomic E-state index is 12.3. The molecule has 3 heterocycles. The lowest BCUT2D eigenvalue weighted by Gasteiger charge is -2.24. The van der Waals surface area contributed by atoms with E-state index in [1.54, 1.807) is 24.3 Å². The number of rotatable bonds is 8. The van der Waals surface area contributed by atoms with Gasteiger partial charge in [0.15, 0.2) is 5.82 Å². The Hall–Kier alpha value is -3.04. The first-order chi connectivity index (χ1) is 16.2. The van der Waals surface area contributed by atoms with Gasteiger partial charge in [0.25, 0.3) is 0 Å². The monoisotopic (exact) mass is 489 g/mol. The van der Waals surface area contributed by atoms with Gasteiger partial charge in [-0.25, -0.2) is 14.1 Å². The highest BCUT2D eigenvalue weighted by Gasteiger charge is 2.58. The van der Waals surface area contributed by atoms with Crippen molar-refractivity contribution >= 4 is 19.2 Å². The number of hydrogen-bond acceptors (Lipinski definition) is 10. The molecule has 1 aliphatic heterocycles. The summed E-state index contributed by atoms with van der Waals surface area (Å²) in [5.74, 6) is 0.620. The second-order valence-electron chi connectivity index (χ2n) is 8.03. The minimum Gasteiger partial charge on any atom is -0.404 e. The lowest BCUT2D eigenvalue weighted by molar-refractivity contribution is -0.0633. The maximum atomic E-state index is 12.3. The summed E-state index contributed by atoms with van der Waals surface area (Å²) in [6, 6.07) is 13.1. The number of hydrogen-bond donors (Lipinski definition) is 4. The van der Waals surface area contributed by atoms with Gasteiger partial charge < -0.3 is 24.8 Å². The summed E-state index contributed by atoms with van der Waals surface area (Å²) >= 11 is 0. The zero-order chi connectivity index (χ0) is 24.5. The van der Waals surface area contributed by atoms with Gasteiger partial charge in [0.1, 0.15) is 42.0 Å². The van der Waals surface area contributed by atoms with E-state index in [2.05, 4.69) is 15.4 Å². The predicted molar refractivity (Wildman–Crippen MR) is 119 cm³/mol. The topological polar surface area (TPSA) is 171 Å². The first-order valence-corrected chi connectivity index (χ1v) is 11.9. The van der Waals surface area contributed by atoms with Crippen LogP contribution in [0.25, 0.3) is 5.52 Å². The van der Waals surface area contributed by atoms with Crippen LogP contribution < -0.4 is 9.84 Å². The van der Waals surface area contributed by atoms with E-state index in [4.69, 9.17) is 13.8 Å². The molecule has 0 spiro atoms. The number of benzene rings is 1. The quantitative estimate of drug-likeness (QED) is 0.339. The largest absolute Gasteiger partial charge is 0.527 e. The number of aliphatic hydroxyl groups excluding tert-OH is 2. The van der Waals surface area contributed by atoms with Gasteiger partial charge in [0, 0.05) is 6.04 Å². The maximum Gasteiger partial charge on any atom is 0.527 e. The lowest BCUT2D eigenvalue weighted by Crippen LogP contribution is -2.41. The number of nitriles is 1. The lowest BCUT2D eigenvalue weighted by atomic mass is 9.92. The molecule has 12 nitrogen and oxygen atoms in total. The van der Waals surface area contributed by atoms with Gasteiger partial charge in [-0.15, -0.1) is 0 Å². The molecule has 0 saturated carbocycles. The fourth-order valence-corrected chi connectivity index (χ4v) is 4.50. The molecule has 1 saturated heterocycles. The van der Waals surface area contributed by atoms with Crippen molar-refractivity contribution in [1.29, 1.82) is 5.26 Å². The second-order valence-corrected chi connectivity index (χ2v) is 9.41. The van der Waals surface area contributed by atoms with E-state index >= 15 is 0 Å². The van der Waals surface area contributed by atoms with Crippen LogP contribution in [0.2, 0.25) is 0 Å². The molecule has 0 bridgehead atoms. The number of aliphatic hydroxyl groups is 2. The van der Waals surface area contributed by atoms with E-state index in [1.165, 1.54) is 29.0 Å². The summed E-state index contributed by atoms with van der Waals surface area (Å²) in [5.41, 5.74) is -1.34. The van der Waals surface area contributed by atoms with Gasteiger partial charge in [-0.3, -0.25) is 9.42 Å². The molecule has 1 aromatic carbocycles. The van der Waals surface area contributed by atoms with E-state index in [-0.39, 0.29) is 17.5 Å². The van der Waals surface area contributed by atoms with E-state index in [9.17, 15) is 24.9 Å². The average molecular weight is 489 g/mol. The van der Waals surface area contributed by atoms with Gasteiger partial charge in [-0.05, 0) is 38.1 Å². The third-order valence-corrected chi connectivity index (χ3v) is 6.17. The Kier molecular flexibility index (Phi) is 6.60. The smallest absolute Gasteiger partial charge is 0.404 e. The highest BCUT2D eigenvalue weighted by Crippen LogP contribution is 2.46. The van der Waals surface area contributed by atoms with Gasteiger partial charge in [-0.2, -0.15) is 10.4 Å². The number of phosphoric ester groups is 1. The SMILES string of the molecule is CC(C)Nc1ncnn2c([C@]3(C#N)O[C@H](COP(=O)(O)Oc4ccccc4)[C@@H](O)[C@H]3O)ccc12. The Morgan fingerprint density at radius 2 is 2.03 bits per heavy atom. The molecule has 3 aromatic rings. The Bertz CT molecular complexity index is 1250. The molecule has 1 aliphatic rings. The number of nitrogens with zero attached hydrogens (tertiary/aromatic N) is 4. The highest BCUT2D eigenvalue weighted by molar-refractivity contribution is 7.47. The van der Waals surface area contributed by atoms with Crippen LogP contribution in [-0.2, 0) is 19.4 Å². The zero-order valence-electron chi connectivity index (χ0n) is 18.3. The summed E-state index contributed by atoms with van der Waals surface area (Å²) in [5, 5.41) is 38.7. The van der Waals surface area contributed by atoms with Crippen LogP contribution in [0.3, 0.4) is 0 Å². The van der Waals surface area contributed by atoms with Crippen LogP contribution in [0.4, 0.5) is 5.82 Å². The third kappa shape index (κ3) is 4.50. The molecular formula is C21H24N5O7P. The fourth-order valence-electron chi connectivity index (χ4n) is 3.72. The number of nitrogens with one attached hydrogen (secondary N) is 1. The molecule has 180 valence electrons. The number of ether oxygens (including phenoxy) is 1. The molecule has 0 aliphatic carbocycles. The molecule has 4 N–H and O–H groups in total. The van der Waals surface area contributed by atoms with Crippen LogP contribution in [0.5, 0.6) is 5.75 Å². The van der Waals surface area contributed by atoms with Gasteiger partial charge in [0.2, 0.25) is 5.60 Å². The predicted octanol–water partition coefficient (Wildman–Crippen LogP) is 1.59. The van der Waals surface area contributed by atoms with Crippen LogP contribution in [0.15, 0.2) is 48.8 Å². The molecule has 0 radical (unpaired) electrons. The number of para-hydroxylation sites is 1. The third-order valence-electron chi connectivity index (χ3n) is 5.25. The Balaban J connectivity index is 1.57. The minimum atomic E-state index is -4.57. The van der Waals surface area contributed by atoms with Crippen molar-refractivity contribution in [2.45, 2.75) is 43.8 Å². The first kappa shape index (κ1) is 24.1. The standard InChI is InChI=1S/C21H24N5O7P/c1-13(2)25-20-15-8-9-17(26(15)24-12-23-20)21(11-22)19(28)18(27)16(32-21)10-31-34(29,30)33-14-6-4-3-5-7-14/h3-9,12-13,16,18-19,27-28H,10H2,1-2H3,(H,29,30)(H,23,24,25)/t16-,18-,19-,21+/m1/s1. The normalized spacial score (nSPS) is 26.3. The van der Waals surface area contributed by atoms with Crippen molar-refractivity contribution in [3.05, 3.63) is 54.5 Å². The summed E-state index contributed by atoms with van der Waals surface area (Å²) in [4.78, 5) is 14.2. The molecule has 1 unspecified atom stereocenters. The van der Waals surface area contributed by atoms with Crippen molar-refractivity contribution in [2.75, 3.05) is 11.9 Å². The molecule has 4 rings (SSSR count). The van der Waals surface area contributed by atoms with Gasteiger partial charge in [-0.1, -0.05) is 18.2 Å². The first-order valence-electron chi connectivity index (χ1n) is 10.4. The zero-order valence-corrected chi connectivity index (χ0v) is 19.2. The van der Waals surface area contributed by atoms with Crippen LogP contribution in [-0.4, -0.2) is 60.7 Å². The molecule has 2 aromatic heterocycles. The van der Waals surface area contributed by atoms with Crippen molar-refractivity contribution < 1.29 is 33.5 Å². The molecule has 0 amide bonds. The molecular weight excluding hydrogens is 465 g/mol. The molecule has 5 atom stereocenters. The number of anilines is 1. The van der Waals surface area contributed by atoms with E-state index in [0.717, 1.165) is 0 Å². The second kappa shape index (κ2) is 9.31. The van der Waals surface area contributed by atoms with Gasteiger partial charge >= 0.3 is 7.82 Å². The fraction of sp³-hybridized carbons (Fsp3) is 0.381. The number of aromatic nitrogens is 3. The Morgan fingerprint density at radius 3 is 2.71 bits per heavy atom. The van der Waals surface area contributed by atoms with Crippen molar-refractivity contribution in [1.82, 2.24) is 14.6 Å². The van der Waals surface area contributed by atoms with Crippen LogP contribution in [0, 0.1) is 11.3 Å². The summed E-state index contributed by atoms with van der Waals surface area (Å²) < 4.78 is 29.4. The molecule has 13 heteroatoms. The van der Waals surface area contributed by atoms with E-state index in [0.29, 0.717) is 11.3 Å². The average Bonchev–Trinajstić information content (AvgIpc) is 3.34. The summed E-state index contributed by atoms with van der Waals surface area (Å²) in [6.45, 7) is 3.25. The van der Waals surface area contributed by atoms with E-state index < -0.39 is 38.3 Å².